The molecule has 0 bridgehead atoms. The minimum absolute atomic E-state index is 0.530. The number of ether oxygens (including phenoxy) is 3. The zero-order valence-corrected chi connectivity index (χ0v) is 14.4. The van der Waals surface area contributed by atoms with E-state index in [1.54, 1.807) is 14.2 Å². The fraction of sp³-hybridized carbons (Fsp3) is 0.300. The topological polar surface area (TPSA) is 47.9 Å². The smallest absolute Gasteiger partial charge is 0.131 e. The molecule has 1 aliphatic rings. The summed E-state index contributed by atoms with van der Waals surface area (Å²) in [7, 11) is 3.22. The van der Waals surface area contributed by atoms with Crippen molar-refractivity contribution >= 4 is 5.57 Å². The van der Waals surface area contributed by atoms with Crippen LogP contribution in [0.1, 0.15) is 31.1 Å². The summed E-state index contributed by atoms with van der Waals surface area (Å²) in [5, 5.41) is 11.0. The molecule has 0 radical (unpaired) electrons. The zero-order valence-electron chi connectivity index (χ0n) is 14.4. The Kier molecular flexibility index (Phi) is 4.24. The molecule has 126 valence electrons. The standard InChI is InChI=1S/C20H22O4/c1-20(2)12-16(14-10-9-13(22-3)11-18(14)24-20)19(21)15-7-5-6-8-17(15)23-4/h5-12,19,21H,1-4H3. The molecule has 0 fully saturated rings. The molecule has 1 N–H and O–H groups in total. The molecule has 0 amide bonds. The van der Waals surface area contributed by atoms with E-state index in [0.717, 1.165) is 22.4 Å². The van der Waals surface area contributed by atoms with Gasteiger partial charge in [-0.3, -0.25) is 0 Å². The van der Waals surface area contributed by atoms with Crippen molar-refractivity contribution in [3.63, 3.8) is 0 Å². The van der Waals surface area contributed by atoms with E-state index in [0.29, 0.717) is 11.5 Å². The van der Waals surface area contributed by atoms with E-state index in [2.05, 4.69) is 0 Å². The average Bonchev–Trinajstić information content (AvgIpc) is 2.58. The van der Waals surface area contributed by atoms with Crippen LogP contribution in [0.3, 0.4) is 0 Å². The maximum atomic E-state index is 11.0. The molecule has 1 heterocycles. The van der Waals surface area contributed by atoms with E-state index >= 15 is 0 Å². The molecule has 4 nitrogen and oxygen atoms in total. The lowest BCUT2D eigenvalue weighted by atomic mass is 9.88. The Labute approximate surface area is 142 Å². The Morgan fingerprint density at radius 2 is 1.79 bits per heavy atom. The van der Waals surface area contributed by atoms with Crippen molar-refractivity contribution in [2.75, 3.05) is 14.2 Å². The number of hydrogen-bond donors (Lipinski definition) is 1. The molecule has 1 unspecified atom stereocenters. The van der Waals surface area contributed by atoms with Gasteiger partial charge in [0, 0.05) is 17.2 Å². The molecule has 1 atom stereocenters. The highest BCUT2D eigenvalue weighted by Gasteiger charge is 2.31. The second kappa shape index (κ2) is 6.21. The Balaban J connectivity index is 2.10. The minimum Gasteiger partial charge on any atom is -0.497 e. The zero-order chi connectivity index (χ0) is 17.3. The first kappa shape index (κ1) is 16.4. The van der Waals surface area contributed by atoms with Gasteiger partial charge in [0.2, 0.25) is 0 Å². The Bertz CT molecular complexity index is 777. The maximum Gasteiger partial charge on any atom is 0.131 e. The molecule has 24 heavy (non-hydrogen) atoms. The number of aliphatic hydroxyl groups is 1. The van der Waals surface area contributed by atoms with Gasteiger partial charge in [-0.15, -0.1) is 0 Å². The number of fused-ring (bicyclic) bond motifs is 1. The van der Waals surface area contributed by atoms with Crippen molar-refractivity contribution in [1.29, 1.82) is 0 Å². The van der Waals surface area contributed by atoms with Crippen molar-refractivity contribution in [2.45, 2.75) is 25.6 Å². The SMILES string of the molecule is COc1ccc2c(c1)OC(C)(C)C=C2C(O)c1ccccc1OC. The molecule has 0 aromatic heterocycles. The molecule has 0 spiro atoms. The van der Waals surface area contributed by atoms with Gasteiger partial charge in [-0.25, -0.2) is 0 Å². The summed E-state index contributed by atoms with van der Waals surface area (Å²) < 4.78 is 16.7. The third-order valence-electron chi connectivity index (χ3n) is 4.10. The lowest BCUT2D eigenvalue weighted by Crippen LogP contribution is -2.30. The summed E-state index contributed by atoms with van der Waals surface area (Å²) in [5.74, 6) is 2.08. The Hall–Kier alpha value is -2.46. The van der Waals surface area contributed by atoms with Gasteiger partial charge < -0.3 is 19.3 Å². The summed E-state index contributed by atoms with van der Waals surface area (Å²) in [6, 6.07) is 13.1. The first-order chi connectivity index (χ1) is 11.4. The average molecular weight is 326 g/mol. The van der Waals surface area contributed by atoms with Crippen LogP contribution in [0, 0.1) is 0 Å². The fourth-order valence-electron chi connectivity index (χ4n) is 3.00. The molecule has 3 rings (SSSR count). The predicted molar refractivity (Wildman–Crippen MR) is 93.6 cm³/mol. The highest BCUT2D eigenvalue weighted by atomic mass is 16.5. The monoisotopic (exact) mass is 326 g/mol. The van der Waals surface area contributed by atoms with Crippen molar-refractivity contribution in [3.8, 4) is 17.2 Å². The van der Waals surface area contributed by atoms with Crippen LogP contribution in [0.4, 0.5) is 0 Å². The van der Waals surface area contributed by atoms with Crippen LogP contribution in [-0.2, 0) is 0 Å². The molecule has 0 saturated carbocycles. The molecular formula is C20H22O4. The van der Waals surface area contributed by atoms with Crippen molar-refractivity contribution < 1.29 is 19.3 Å². The molecular weight excluding hydrogens is 304 g/mol. The molecule has 0 aliphatic carbocycles. The van der Waals surface area contributed by atoms with Crippen LogP contribution in [0.2, 0.25) is 0 Å². The summed E-state index contributed by atoms with van der Waals surface area (Å²) in [6.45, 7) is 3.93. The van der Waals surface area contributed by atoms with Crippen LogP contribution in [0.15, 0.2) is 48.5 Å². The van der Waals surface area contributed by atoms with Gasteiger partial charge in [0.15, 0.2) is 0 Å². The largest absolute Gasteiger partial charge is 0.497 e. The molecule has 2 aromatic carbocycles. The summed E-state index contributed by atoms with van der Waals surface area (Å²) in [6.07, 6.45) is 1.15. The van der Waals surface area contributed by atoms with Crippen molar-refractivity contribution in [2.24, 2.45) is 0 Å². The molecule has 2 aromatic rings. The number of aliphatic hydroxyl groups excluding tert-OH is 1. The first-order valence-corrected chi connectivity index (χ1v) is 7.86. The third kappa shape index (κ3) is 2.97. The van der Waals surface area contributed by atoms with Crippen LogP contribution < -0.4 is 14.2 Å². The van der Waals surface area contributed by atoms with Crippen LogP contribution in [-0.4, -0.2) is 24.9 Å². The number of hydrogen-bond acceptors (Lipinski definition) is 4. The van der Waals surface area contributed by atoms with E-state index < -0.39 is 11.7 Å². The minimum atomic E-state index is -0.809. The fourth-order valence-corrected chi connectivity index (χ4v) is 3.00. The van der Waals surface area contributed by atoms with Crippen molar-refractivity contribution in [3.05, 3.63) is 59.7 Å². The normalized spacial score (nSPS) is 16.5. The Morgan fingerprint density at radius 1 is 1.04 bits per heavy atom. The number of rotatable bonds is 4. The lowest BCUT2D eigenvalue weighted by molar-refractivity contribution is 0.151. The van der Waals surface area contributed by atoms with Gasteiger partial charge in [0.05, 0.1) is 14.2 Å². The summed E-state index contributed by atoms with van der Waals surface area (Å²) in [4.78, 5) is 0. The van der Waals surface area contributed by atoms with Crippen LogP contribution in [0.25, 0.3) is 5.57 Å². The maximum absolute atomic E-state index is 11.0. The Morgan fingerprint density at radius 3 is 2.50 bits per heavy atom. The molecule has 0 saturated heterocycles. The van der Waals surface area contributed by atoms with Gasteiger partial charge in [0.25, 0.3) is 0 Å². The van der Waals surface area contributed by atoms with Gasteiger partial charge >= 0.3 is 0 Å². The highest BCUT2D eigenvalue weighted by Crippen LogP contribution is 2.44. The van der Waals surface area contributed by atoms with Crippen molar-refractivity contribution in [1.82, 2.24) is 0 Å². The second-order valence-corrected chi connectivity index (χ2v) is 6.31. The van der Waals surface area contributed by atoms with Gasteiger partial charge in [0.1, 0.15) is 29.0 Å². The first-order valence-electron chi connectivity index (χ1n) is 7.86. The number of para-hydroxylation sites is 1. The van der Waals surface area contributed by atoms with Crippen LogP contribution in [0.5, 0.6) is 17.2 Å². The van der Waals surface area contributed by atoms with Gasteiger partial charge in [-0.2, -0.15) is 0 Å². The quantitative estimate of drug-likeness (QED) is 0.923. The van der Waals surface area contributed by atoms with Gasteiger partial charge in [-0.1, -0.05) is 18.2 Å². The van der Waals surface area contributed by atoms with Gasteiger partial charge in [-0.05, 0) is 43.7 Å². The van der Waals surface area contributed by atoms with Crippen LogP contribution >= 0.6 is 0 Å². The number of methoxy groups -OCH3 is 2. The van der Waals surface area contributed by atoms with E-state index in [1.165, 1.54) is 0 Å². The van der Waals surface area contributed by atoms with E-state index in [-0.39, 0.29) is 0 Å². The third-order valence-corrected chi connectivity index (χ3v) is 4.10. The predicted octanol–water partition coefficient (Wildman–Crippen LogP) is 3.99. The lowest BCUT2D eigenvalue weighted by Gasteiger charge is -2.33. The summed E-state index contributed by atoms with van der Waals surface area (Å²) in [5.41, 5.74) is 1.85. The molecule has 1 aliphatic heterocycles. The van der Waals surface area contributed by atoms with E-state index in [9.17, 15) is 5.11 Å². The highest BCUT2D eigenvalue weighted by molar-refractivity contribution is 5.78. The second-order valence-electron chi connectivity index (χ2n) is 6.31. The molecule has 4 heteroatoms. The number of benzene rings is 2. The van der Waals surface area contributed by atoms with E-state index in [1.807, 2.05) is 62.4 Å². The van der Waals surface area contributed by atoms with E-state index in [4.69, 9.17) is 14.2 Å². The summed E-state index contributed by atoms with van der Waals surface area (Å²) >= 11 is 0.